The molecule has 0 saturated carbocycles. The van der Waals surface area contributed by atoms with E-state index in [2.05, 4.69) is 0 Å². The Labute approximate surface area is 107 Å². The number of aliphatic carboxylic acids is 1. The molecule has 2 atom stereocenters. The minimum Gasteiger partial charge on any atom is -0.480 e. The zero-order valence-corrected chi connectivity index (χ0v) is 10.5. The maximum atomic E-state index is 11.3. The van der Waals surface area contributed by atoms with Crippen molar-refractivity contribution in [2.75, 3.05) is 6.54 Å². The number of carboxylic acid groups (broad SMARTS) is 1. The molecular weight excluding hydrogens is 230 g/mol. The summed E-state index contributed by atoms with van der Waals surface area (Å²) in [5, 5.41) is 19.0. The van der Waals surface area contributed by atoms with Gasteiger partial charge in [0.1, 0.15) is 6.04 Å². The fraction of sp³-hybridized carbons (Fsp3) is 0.500. The molecular formula is C14H19NO3. The van der Waals surface area contributed by atoms with Crippen molar-refractivity contribution >= 4 is 5.97 Å². The Balaban J connectivity index is 2.20. The highest BCUT2D eigenvalue weighted by Gasteiger charge is 2.31. The normalized spacial score (nSPS) is 21.3. The van der Waals surface area contributed by atoms with Gasteiger partial charge in [-0.25, -0.2) is 0 Å². The fourth-order valence-electron chi connectivity index (χ4n) is 2.41. The number of aliphatic hydroxyl groups excluding tert-OH is 1. The highest BCUT2D eigenvalue weighted by atomic mass is 16.4. The van der Waals surface area contributed by atoms with E-state index in [0.29, 0.717) is 25.9 Å². The lowest BCUT2D eigenvalue weighted by atomic mass is 9.93. The number of rotatable bonds is 4. The highest BCUT2D eigenvalue weighted by Crippen LogP contribution is 2.23. The molecule has 1 aromatic carbocycles. The number of nitrogens with zero attached hydrogens (tertiary/aromatic N) is 1. The van der Waals surface area contributed by atoms with Gasteiger partial charge in [0.05, 0.1) is 6.10 Å². The molecule has 4 nitrogen and oxygen atoms in total. The third kappa shape index (κ3) is 2.71. The first-order valence-corrected chi connectivity index (χ1v) is 6.33. The molecule has 0 spiro atoms. The molecule has 0 bridgehead atoms. The summed E-state index contributed by atoms with van der Waals surface area (Å²) in [6, 6.07) is 7.39. The smallest absolute Gasteiger partial charge is 0.321 e. The molecule has 2 rings (SSSR count). The standard InChI is InChI=1S/C14H19NO3/c1-2-12(16)9-15-8-11-6-4-3-5-10(11)7-13(15)14(17)18/h3-6,12-13,16H,2,7-9H2,1H3,(H,17,18)/t12?,13-/m0/s1. The first-order chi connectivity index (χ1) is 8.61. The first-order valence-electron chi connectivity index (χ1n) is 6.33. The Kier molecular flexibility index (Phi) is 3.99. The van der Waals surface area contributed by atoms with Crippen molar-refractivity contribution in [1.82, 2.24) is 4.90 Å². The van der Waals surface area contributed by atoms with E-state index in [4.69, 9.17) is 0 Å². The van der Waals surface area contributed by atoms with Crippen LogP contribution in [-0.4, -0.2) is 39.8 Å². The average molecular weight is 249 g/mol. The van der Waals surface area contributed by atoms with Gasteiger partial charge in [-0.2, -0.15) is 0 Å². The van der Waals surface area contributed by atoms with E-state index in [1.807, 2.05) is 36.1 Å². The lowest BCUT2D eigenvalue weighted by Crippen LogP contribution is -2.48. The maximum absolute atomic E-state index is 11.3. The zero-order valence-electron chi connectivity index (χ0n) is 10.5. The van der Waals surface area contributed by atoms with Gasteiger partial charge in [0.25, 0.3) is 0 Å². The number of hydrogen-bond donors (Lipinski definition) is 2. The topological polar surface area (TPSA) is 60.8 Å². The highest BCUT2D eigenvalue weighted by molar-refractivity contribution is 5.74. The molecule has 2 N–H and O–H groups in total. The fourth-order valence-corrected chi connectivity index (χ4v) is 2.41. The molecule has 0 fully saturated rings. The Hall–Kier alpha value is -1.39. The zero-order chi connectivity index (χ0) is 13.1. The van der Waals surface area contributed by atoms with Crippen molar-refractivity contribution in [3.05, 3.63) is 35.4 Å². The number of β-amino-alcohol motifs (C(OH)–C–C–N with tert-alkyl or cyclic N) is 1. The molecule has 0 aromatic heterocycles. The molecule has 1 aromatic rings. The molecule has 1 aliphatic heterocycles. The second kappa shape index (κ2) is 5.50. The minimum atomic E-state index is -0.812. The third-order valence-corrected chi connectivity index (χ3v) is 3.55. The molecule has 1 heterocycles. The quantitative estimate of drug-likeness (QED) is 0.843. The second-order valence-electron chi connectivity index (χ2n) is 4.82. The van der Waals surface area contributed by atoms with Crippen molar-refractivity contribution in [3.8, 4) is 0 Å². The monoisotopic (exact) mass is 249 g/mol. The molecule has 18 heavy (non-hydrogen) atoms. The minimum absolute atomic E-state index is 0.418. The van der Waals surface area contributed by atoms with Gasteiger partial charge in [-0.15, -0.1) is 0 Å². The van der Waals surface area contributed by atoms with Gasteiger partial charge in [-0.3, -0.25) is 9.69 Å². The third-order valence-electron chi connectivity index (χ3n) is 3.55. The van der Waals surface area contributed by atoms with Crippen LogP contribution in [0.3, 0.4) is 0 Å². The lowest BCUT2D eigenvalue weighted by molar-refractivity contribution is -0.144. The SMILES string of the molecule is CCC(O)CN1Cc2ccccc2C[C@H]1C(=O)O. The largest absolute Gasteiger partial charge is 0.480 e. The second-order valence-corrected chi connectivity index (χ2v) is 4.82. The van der Waals surface area contributed by atoms with Crippen molar-refractivity contribution in [3.63, 3.8) is 0 Å². The number of aliphatic hydroxyl groups is 1. The van der Waals surface area contributed by atoms with Gasteiger partial charge in [0, 0.05) is 13.1 Å². The summed E-state index contributed by atoms with van der Waals surface area (Å²) < 4.78 is 0. The van der Waals surface area contributed by atoms with Crippen LogP contribution in [0.15, 0.2) is 24.3 Å². The van der Waals surface area contributed by atoms with Gasteiger partial charge in [0.2, 0.25) is 0 Å². The molecule has 0 radical (unpaired) electrons. The van der Waals surface area contributed by atoms with Gasteiger partial charge in [-0.1, -0.05) is 31.2 Å². The Bertz CT molecular complexity index is 433. The number of carboxylic acids is 1. The van der Waals surface area contributed by atoms with E-state index in [0.717, 1.165) is 5.56 Å². The van der Waals surface area contributed by atoms with E-state index in [1.54, 1.807) is 0 Å². The van der Waals surface area contributed by atoms with Gasteiger partial charge in [0.15, 0.2) is 0 Å². The molecule has 0 saturated heterocycles. The first kappa shape index (κ1) is 13.1. The van der Waals surface area contributed by atoms with Crippen LogP contribution < -0.4 is 0 Å². The predicted molar refractivity (Wildman–Crippen MR) is 68.3 cm³/mol. The summed E-state index contributed by atoms with van der Waals surface area (Å²) in [5.41, 5.74) is 2.27. The van der Waals surface area contributed by atoms with Crippen molar-refractivity contribution in [1.29, 1.82) is 0 Å². The molecule has 98 valence electrons. The van der Waals surface area contributed by atoms with E-state index in [-0.39, 0.29) is 0 Å². The Morgan fingerprint density at radius 2 is 2.11 bits per heavy atom. The van der Waals surface area contributed by atoms with Crippen LogP contribution in [0.25, 0.3) is 0 Å². The number of carbonyl (C=O) groups is 1. The maximum Gasteiger partial charge on any atom is 0.321 e. The van der Waals surface area contributed by atoms with Crippen molar-refractivity contribution in [2.24, 2.45) is 0 Å². The van der Waals surface area contributed by atoms with E-state index in [9.17, 15) is 15.0 Å². The van der Waals surface area contributed by atoms with Crippen LogP contribution in [0.2, 0.25) is 0 Å². The van der Waals surface area contributed by atoms with Crippen molar-refractivity contribution < 1.29 is 15.0 Å². The number of fused-ring (bicyclic) bond motifs is 1. The summed E-state index contributed by atoms with van der Waals surface area (Å²) in [7, 11) is 0. The van der Waals surface area contributed by atoms with Crippen LogP contribution in [0.4, 0.5) is 0 Å². The molecule has 1 unspecified atom stereocenters. The Morgan fingerprint density at radius 3 is 2.72 bits per heavy atom. The predicted octanol–water partition coefficient (Wildman–Crippen LogP) is 1.27. The van der Waals surface area contributed by atoms with Gasteiger partial charge < -0.3 is 10.2 Å². The van der Waals surface area contributed by atoms with E-state index in [1.165, 1.54) is 5.56 Å². The van der Waals surface area contributed by atoms with Crippen LogP contribution in [0.1, 0.15) is 24.5 Å². The summed E-state index contributed by atoms with van der Waals surface area (Å²) in [6.07, 6.45) is 0.698. The average Bonchev–Trinajstić information content (AvgIpc) is 2.37. The molecule has 0 aliphatic carbocycles. The molecule has 0 amide bonds. The van der Waals surface area contributed by atoms with Crippen LogP contribution in [-0.2, 0) is 17.8 Å². The van der Waals surface area contributed by atoms with Gasteiger partial charge in [-0.05, 0) is 24.0 Å². The van der Waals surface area contributed by atoms with Gasteiger partial charge >= 0.3 is 5.97 Å². The summed E-state index contributed by atoms with van der Waals surface area (Å²) in [5.74, 6) is -0.812. The van der Waals surface area contributed by atoms with E-state index >= 15 is 0 Å². The summed E-state index contributed by atoms with van der Waals surface area (Å²) >= 11 is 0. The van der Waals surface area contributed by atoms with E-state index < -0.39 is 18.1 Å². The van der Waals surface area contributed by atoms with Crippen LogP contribution in [0.5, 0.6) is 0 Å². The van der Waals surface area contributed by atoms with Crippen LogP contribution >= 0.6 is 0 Å². The summed E-state index contributed by atoms with van der Waals surface area (Å²) in [4.78, 5) is 13.2. The lowest BCUT2D eigenvalue weighted by Gasteiger charge is -2.35. The van der Waals surface area contributed by atoms with Crippen molar-refractivity contribution in [2.45, 2.75) is 38.5 Å². The number of hydrogen-bond acceptors (Lipinski definition) is 3. The molecule has 1 aliphatic rings. The number of benzene rings is 1. The molecule has 4 heteroatoms. The Morgan fingerprint density at radius 1 is 1.44 bits per heavy atom. The van der Waals surface area contributed by atoms with Crippen LogP contribution in [0, 0.1) is 0 Å². The summed E-state index contributed by atoms with van der Waals surface area (Å²) in [6.45, 7) is 2.92.